The van der Waals surface area contributed by atoms with Crippen LogP contribution >= 0.6 is 0 Å². The molecule has 206 valence electrons. The summed E-state index contributed by atoms with van der Waals surface area (Å²) in [5.41, 5.74) is 11.0. The molecule has 1 aliphatic heterocycles. The van der Waals surface area contributed by atoms with Crippen molar-refractivity contribution in [1.29, 1.82) is 0 Å². The number of amides is 1. The first-order chi connectivity index (χ1) is 17.8. The van der Waals surface area contributed by atoms with Crippen molar-refractivity contribution in [1.82, 2.24) is 0 Å². The molecule has 2 aromatic rings. The van der Waals surface area contributed by atoms with E-state index in [-0.39, 0.29) is 6.42 Å². The van der Waals surface area contributed by atoms with Gasteiger partial charge in [-0.3, -0.25) is 4.79 Å². The first-order valence-electron chi connectivity index (χ1n) is 11.9. The van der Waals surface area contributed by atoms with E-state index >= 15 is 4.39 Å². The second-order valence-electron chi connectivity index (χ2n) is 9.28. The van der Waals surface area contributed by atoms with Gasteiger partial charge in [0.05, 0.1) is 24.8 Å². The summed E-state index contributed by atoms with van der Waals surface area (Å²) in [6.45, 7) is 3.77. The molecule has 1 heterocycles. The Hall–Kier alpha value is -3.57. The number of carbonyl (C=O) groups is 1. The van der Waals surface area contributed by atoms with Gasteiger partial charge in [0, 0.05) is 37.7 Å². The van der Waals surface area contributed by atoms with Gasteiger partial charge < -0.3 is 31.5 Å². The number of alkyl halides is 4. The molecule has 1 amide bonds. The van der Waals surface area contributed by atoms with Gasteiger partial charge >= 0.3 is 6.18 Å². The molecular weight excluding hydrogens is 504 g/mol. The van der Waals surface area contributed by atoms with E-state index in [9.17, 15) is 23.1 Å². The highest BCUT2D eigenvalue weighted by Gasteiger charge is 2.44. The van der Waals surface area contributed by atoms with Gasteiger partial charge in [-0.1, -0.05) is 18.2 Å². The maximum atomic E-state index is 15.5. The van der Waals surface area contributed by atoms with Crippen LogP contribution < -0.4 is 21.7 Å². The minimum absolute atomic E-state index is 0.0572. The van der Waals surface area contributed by atoms with E-state index in [1.54, 1.807) is 32.2 Å². The van der Waals surface area contributed by atoms with Crippen molar-refractivity contribution in [3.8, 4) is 11.1 Å². The molecule has 2 atom stereocenters. The zero-order chi connectivity index (χ0) is 28.3. The van der Waals surface area contributed by atoms with Crippen molar-refractivity contribution >= 4 is 17.3 Å². The Labute approximate surface area is 218 Å². The summed E-state index contributed by atoms with van der Waals surface area (Å²) < 4.78 is 59.1. The van der Waals surface area contributed by atoms with Crippen molar-refractivity contribution in [3.05, 3.63) is 71.1 Å². The molecule has 2 aromatic carbocycles. The lowest BCUT2D eigenvalue weighted by molar-refractivity contribution is -0.112. The number of nitrogens with zero attached hydrogens (tertiary/aromatic N) is 1. The topological polar surface area (TPSA) is 114 Å². The van der Waals surface area contributed by atoms with E-state index in [4.69, 9.17) is 16.2 Å². The molecule has 0 fully saturated rings. The molecule has 0 saturated carbocycles. The average Bonchev–Trinajstić information content (AvgIpc) is 2.87. The van der Waals surface area contributed by atoms with Crippen LogP contribution in [0.15, 0.2) is 59.9 Å². The Morgan fingerprint density at radius 3 is 2.61 bits per heavy atom. The molecule has 7 nitrogen and oxygen atoms in total. The molecule has 0 radical (unpaired) electrons. The Morgan fingerprint density at radius 2 is 2.00 bits per heavy atom. The van der Waals surface area contributed by atoms with Gasteiger partial charge in [-0.15, -0.1) is 0 Å². The van der Waals surface area contributed by atoms with Crippen molar-refractivity contribution < 1.29 is 32.2 Å². The van der Waals surface area contributed by atoms with Crippen LogP contribution in [-0.2, 0) is 16.0 Å². The smallest absolute Gasteiger partial charge is 0.404 e. The van der Waals surface area contributed by atoms with Crippen LogP contribution in [0, 0.1) is 6.92 Å². The molecule has 11 heteroatoms. The van der Waals surface area contributed by atoms with Gasteiger partial charge in [0.25, 0.3) is 5.91 Å². The van der Waals surface area contributed by atoms with E-state index in [1.165, 1.54) is 0 Å². The first kappa shape index (κ1) is 29.0. The van der Waals surface area contributed by atoms with Crippen LogP contribution in [0.4, 0.5) is 28.9 Å². The second-order valence-corrected chi connectivity index (χ2v) is 9.28. The highest BCUT2D eigenvalue weighted by molar-refractivity contribution is 6.06. The molecule has 1 unspecified atom stereocenters. The lowest BCUT2D eigenvalue weighted by Gasteiger charge is -2.45. The number of halogens is 4. The van der Waals surface area contributed by atoms with Gasteiger partial charge in [0.2, 0.25) is 0 Å². The number of nitrogens with two attached hydrogens (primary N) is 2. The normalized spacial score (nSPS) is 20.3. The van der Waals surface area contributed by atoms with Crippen LogP contribution in [0.3, 0.4) is 0 Å². The predicted octanol–water partition coefficient (Wildman–Crippen LogP) is 3.95. The lowest BCUT2D eigenvalue weighted by Crippen LogP contribution is -2.56. The number of allylic oxidation sites excluding steroid dienone is 1. The average molecular weight is 537 g/mol. The fourth-order valence-electron chi connectivity index (χ4n) is 4.44. The lowest BCUT2D eigenvalue weighted by atomic mass is 9.83. The number of ether oxygens (including phenoxy) is 1. The highest BCUT2D eigenvalue weighted by atomic mass is 19.4. The van der Waals surface area contributed by atoms with Gasteiger partial charge in [-0.25, -0.2) is 4.39 Å². The molecule has 6 N–H and O–H groups in total. The molecule has 0 bridgehead atoms. The second kappa shape index (κ2) is 11.4. The van der Waals surface area contributed by atoms with Crippen molar-refractivity contribution in [3.63, 3.8) is 0 Å². The van der Waals surface area contributed by atoms with Gasteiger partial charge in [0.15, 0.2) is 5.67 Å². The summed E-state index contributed by atoms with van der Waals surface area (Å²) in [5, 5.41) is 12.3. The molecule has 0 aromatic heterocycles. The van der Waals surface area contributed by atoms with E-state index in [0.717, 1.165) is 34.1 Å². The molecule has 0 saturated heterocycles. The summed E-state index contributed by atoms with van der Waals surface area (Å²) in [6.07, 6.45) is -3.52. The summed E-state index contributed by atoms with van der Waals surface area (Å²) in [7, 11) is 1.56. The Kier molecular flexibility index (Phi) is 8.73. The zero-order valence-corrected chi connectivity index (χ0v) is 21.4. The minimum atomic E-state index is -4.80. The summed E-state index contributed by atoms with van der Waals surface area (Å²) in [4.78, 5) is 14.5. The number of methoxy groups -OCH3 is 1. The van der Waals surface area contributed by atoms with Gasteiger partial charge in [0.1, 0.15) is 5.70 Å². The third kappa shape index (κ3) is 6.11. The number of fused-ring (bicyclic) bond motifs is 1. The molecule has 38 heavy (non-hydrogen) atoms. The SMILES string of the molecule is COCCN1c2cc(-c3cc(NC(=O)C(/C=C(\N)C(F)(F)F)=C/N)ccc3C)ccc2C[C@@](F)(CO)C1C. The number of aliphatic hydroxyl groups is 1. The summed E-state index contributed by atoms with van der Waals surface area (Å²) in [6, 6.07) is 10.0. The third-order valence-corrected chi connectivity index (χ3v) is 6.78. The largest absolute Gasteiger partial charge is 0.430 e. The number of carbonyl (C=O) groups excluding carboxylic acids is 1. The van der Waals surface area contributed by atoms with E-state index < -0.39 is 41.7 Å². The molecule has 1 aliphatic rings. The number of nitrogens with one attached hydrogen (secondary N) is 1. The van der Waals surface area contributed by atoms with Crippen LogP contribution in [0.25, 0.3) is 11.1 Å². The maximum Gasteiger partial charge on any atom is 0.430 e. The maximum absolute atomic E-state index is 15.5. The fourth-order valence-corrected chi connectivity index (χ4v) is 4.44. The van der Waals surface area contributed by atoms with Crippen LogP contribution in [0.2, 0.25) is 0 Å². The van der Waals surface area contributed by atoms with Crippen LogP contribution in [0.5, 0.6) is 0 Å². The van der Waals surface area contributed by atoms with E-state index in [0.29, 0.717) is 24.9 Å². The third-order valence-electron chi connectivity index (χ3n) is 6.78. The van der Waals surface area contributed by atoms with Gasteiger partial charge in [-0.2, -0.15) is 13.2 Å². The van der Waals surface area contributed by atoms with Crippen molar-refractivity contribution in [2.45, 2.75) is 38.2 Å². The number of aliphatic hydroxyl groups excluding tert-OH is 1. The number of anilines is 2. The highest BCUT2D eigenvalue weighted by Crippen LogP contribution is 2.41. The standard InChI is InChI=1S/C27H32F4N4O3/c1-16-4-7-21(34-25(37)20(14-32)11-24(33)27(29,30)31)12-22(16)18-5-6-19-13-26(28,15-36)17(2)35(8-9-38-3)23(19)10-18/h4-7,10-12,14,17,36H,8-9,13,15,32-33H2,1-3H3,(H,34,37)/b20-14+,24-11-/t17?,26-/m1/s1. The van der Waals surface area contributed by atoms with Crippen LogP contribution in [-0.4, -0.2) is 55.8 Å². The number of rotatable bonds is 8. The van der Waals surface area contributed by atoms with Gasteiger partial charge in [-0.05, 0) is 60.4 Å². The molecular formula is C27H32F4N4O3. The van der Waals surface area contributed by atoms with E-state index in [1.807, 2.05) is 30.0 Å². The predicted molar refractivity (Wildman–Crippen MR) is 139 cm³/mol. The molecule has 3 rings (SSSR count). The number of hydrogen-bond acceptors (Lipinski definition) is 6. The summed E-state index contributed by atoms with van der Waals surface area (Å²) >= 11 is 0. The molecule has 0 aliphatic carbocycles. The quantitative estimate of drug-likeness (QED) is 0.231. The monoisotopic (exact) mass is 536 g/mol. The van der Waals surface area contributed by atoms with Crippen LogP contribution in [0.1, 0.15) is 18.1 Å². The zero-order valence-electron chi connectivity index (χ0n) is 21.4. The Balaban J connectivity index is 1.96. The minimum Gasteiger partial charge on any atom is -0.404 e. The summed E-state index contributed by atoms with van der Waals surface area (Å²) in [5.74, 6) is -0.859. The van der Waals surface area contributed by atoms with Crippen molar-refractivity contribution in [2.75, 3.05) is 37.1 Å². The fraction of sp³-hybridized carbons (Fsp3) is 0.370. The number of benzene rings is 2. The number of aryl methyl sites for hydroxylation is 1. The number of hydrogen-bond donors (Lipinski definition) is 4. The Morgan fingerprint density at radius 1 is 1.29 bits per heavy atom. The van der Waals surface area contributed by atoms with E-state index in [2.05, 4.69) is 5.32 Å². The molecule has 0 spiro atoms. The van der Waals surface area contributed by atoms with Crippen molar-refractivity contribution in [2.24, 2.45) is 11.5 Å². The first-order valence-corrected chi connectivity index (χ1v) is 11.9. The Bertz CT molecular complexity index is 1250.